The lowest BCUT2D eigenvalue weighted by molar-refractivity contribution is -0.219. The van der Waals surface area contributed by atoms with Crippen LogP contribution in [-0.2, 0) is 9.59 Å². The Bertz CT molecular complexity index is 814. The van der Waals surface area contributed by atoms with Gasteiger partial charge in [0.1, 0.15) is 0 Å². The van der Waals surface area contributed by atoms with Crippen molar-refractivity contribution in [2.24, 2.45) is 39.9 Å². The Balaban J connectivity index is 1.88. The second kappa shape index (κ2) is 5.57. The summed E-state index contributed by atoms with van der Waals surface area (Å²) in [5, 5.41) is 32.7. The van der Waals surface area contributed by atoms with E-state index in [0.29, 0.717) is 6.42 Å². The van der Waals surface area contributed by atoms with Crippen molar-refractivity contribution in [2.75, 3.05) is 0 Å². The Morgan fingerprint density at radius 3 is 2.39 bits per heavy atom. The fourth-order valence-corrected chi connectivity index (χ4v) is 7.80. The van der Waals surface area contributed by atoms with Gasteiger partial charge in [-0.1, -0.05) is 46.3 Å². The first-order chi connectivity index (χ1) is 12.8. The van der Waals surface area contributed by atoms with Crippen LogP contribution in [0.15, 0.2) is 23.8 Å². The first kappa shape index (κ1) is 19.8. The number of aliphatic carboxylic acids is 1. The lowest BCUT2D eigenvalue weighted by Crippen LogP contribution is -2.67. The summed E-state index contributed by atoms with van der Waals surface area (Å²) < 4.78 is 0. The summed E-state index contributed by atoms with van der Waals surface area (Å²) >= 11 is 0. The molecule has 0 saturated heterocycles. The van der Waals surface area contributed by atoms with Crippen molar-refractivity contribution < 1.29 is 24.9 Å². The molecule has 0 radical (unpaired) electrons. The largest absolute Gasteiger partial charge is 0.479 e. The van der Waals surface area contributed by atoms with E-state index >= 15 is 0 Å². The van der Waals surface area contributed by atoms with Crippen LogP contribution in [-0.4, -0.2) is 38.8 Å². The molecule has 0 aromatic carbocycles. The Morgan fingerprint density at radius 2 is 1.79 bits per heavy atom. The first-order valence-corrected chi connectivity index (χ1v) is 10.4. The van der Waals surface area contributed by atoms with Crippen LogP contribution < -0.4 is 0 Å². The predicted molar refractivity (Wildman–Crippen MR) is 104 cm³/mol. The van der Waals surface area contributed by atoms with Gasteiger partial charge >= 0.3 is 5.97 Å². The van der Waals surface area contributed by atoms with Gasteiger partial charge in [0.15, 0.2) is 11.4 Å². The molecule has 3 N–H and O–H groups in total. The van der Waals surface area contributed by atoms with Crippen LogP contribution in [0.5, 0.6) is 0 Å². The number of carbonyl (C=O) groups is 2. The summed E-state index contributed by atoms with van der Waals surface area (Å²) in [5.41, 5.74) is -2.62. The summed E-state index contributed by atoms with van der Waals surface area (Å²) in [7, 11) is 0. The second-order valence-corrected chi connectivity index (χ2v) is 10.5. The van der Waals surface area contributed by atoms with E-state index in [2.05, 4.69) is 20.8 Å². The second-order valence-electron chi connectivity index (χ2n) is 10.5. The Hall–Kier alpha value is -1.46. The van der Waals surface area contributed by atoms with Crippen LogP contribution in [0.1, 0.15) is 53.9 Å². The fourth-order valence-electron chi connectivity index (χ4n) is 7.80. The molecule has 28 heavy (non-hydrogen) atoms. The quantitative estimate of drug-likeness (QED) is 0.642. The molecule has 0 heterocycles. The van der Waals surface area contributed by atoms with E-state index in [1.807, 2.05) is 19.9 Å². The third-order valence-electron chi connectivity index (χ3n) is 9.64. The standard InChI is InChI=1S/C23H32O5/c1-12-8-17-16-9-13(2)23(28,19(26)27)21(16,4)11-18(25)22(17,5)20(3)7-6-14(24)10-15(12)20/h6-7,10,12-13,16-18,25,28H,8-9,11H2,1-5H3,(H,26,27)/t12-,13+,16-,17-,18-,20-,21-,22+,23-/m0/s1. The van der Waals surface area contributed by atoms with Gasteiger partial charge in [-0.15, -0.1) is 0 Å². The van der Waals surface area contributed by atoms with Crippen LogP contribution in [0, 0.1) is 39.9 Å². The minimum atomic E-state index is -1.83. The number of allylic oxidation sites excluding steroid dienone is 4. The van der Waals surface area contributed by atoms with Crippen molar-refractivity contribution in [3.05, 3.63) is 23.8 Å². The molecule has 9 atom stereocenters. The molecule has 3 saturated carbocycles. The highest BCUT2D eigenvalue weighted by Crippen LogP contribution is 2.73. The predicted octanol–water partition coefficient (Wildman–Crippen LogP) is 2.96. The zero-order valence-electron chi connectivity index (χ0n) is 17.4. The average molecular weight is 389 g/mol. The third kappa shape index (κ3) is 1.95. The van der Waals surface area contributed by atoms with Crippen LogP contribution >= 0.6 is 0 Å². The zero-order valence-corrected chi connectivity index (χ0v) is 17.4. The third-order valence-corrected chi connectivity index (χ3v) is 9.64. The van der Waals surface area contributed by atoms with Gasteiger partial charge in [-0.2, -0.15) is 0 Å². The van der Waals surface area contributed by atoms with Gasteiger partial charge < -0.3 is 15.3 Å². The van der Waals surface area contributed by atoms with Crippen molar-refractivity contribution in [1.29, 1.82) is 0 Å². The summed E-state index contributed by atoms with van der Waals surface area (Å²) in [6, 6.07) is 0. The molecule has 4 aliphatic carbocycles. The highest BCUT2D eigenvalue weighted by molar-refractivity contribution is 6.01. The minimum absolute atomic E-state index is 0.00357. The maximum absolute atomic E-state index is 12.1. The molecule has 0 bridgehead atoms. The average Bonchev–Trinajstić information content (AvgIpc) is 2.81. The minimum Gasteiger partial charge on any atom is -0.479 e. The van der Waals surface area contributed by atoms with Crippen molar-refractivity contribution in [1.82, 2.24) is 0 Å². The molecule has 0 spiro atoms. The zero-order chi connectivity index (χ0) is 20.9. The number of carboxylic acids is 1. The molecular formula is C23H32O5. The van der Waals surface area contributed by atoms with Crippen LogP contribution in [0.25, 0.3) is 0 Å². The smallest absolute Gasteiger partial charge is 0.336 e. The maximum Gasteiger partial charge on any atom is 0.336 e. The number of carbonyl (C=O) groups excluding carboxylic acids is 1. The lowest BCUT2D eigenvalue weighted by atomic mass is 9.38. The summed E-state index contributed by atoms with van der Waals surface area (Å²) in [4.78, 5) is 24.2. The van der Waals surface area contributed by atoms with E-state index in [1.54, 1.807) is 12.2 Å². The Kier molecular flexibility index (Phi) is 3.95. The topological polar surface area (TPSA) is 94.8 Å². The highest BCUT2D eigenvalue weighted by atomic mass is 16.4. The molecule has 0 amide bonds. The monoisotopic (exact) mass is 388 g/mol. The van der Waals surface area contributed by atoms with E-state index < -0.39 is 33.9 Å². The number of ketones is 1. The van der Waals surface area contributed by atoms with E-state index in [-0.39, 0.29) is 35.9 Å². The summed E-state index contributed by atoms with van der Waals surface area (Å²) in [6.07, 6.45) is 6.20. The van der Waals surface area contributed by atoms with Gasteiger partial charge in [0, 0.05) is 16.2 Å². The van der Waals surface area contributed by atoms with E-state index in [9.17, 15) is 24.9 Å². The first-order valence-electron chi connectivity index (χ1n) is 10.4. The number of aliphatic hydroxyl groups excluding tert-OH is 1. The van der Waals surface area contributed by atoms with Crippen molar-refractivity contribution in [3.63, 3.8) is 0 Å². The SMILES string of the molecule is C[C@@H]1C[C@H]2[C@@H]3C[C@H](C)C4=CC(=O)C=C[C@]4(C)[C@@]3(C)[C@@H](O)C[C@]2(C)[C@@]1(O)C(=O)O. The van der Waals surface area contributed by atoms with Gasteiger partial charge in [-0.25, -0.2) is 4.79 Å². The molecular weight excluding hydrogens is 356 g/mol. The Morgan fingerprint density at radius 1 is 1.14 bits per heavy atom. The van der Waals surface area contributed by atoms with Crippen molar-refractivity contribution in [3.8, 4) is 0 Å². The van der Waals surface area contributed by atoms with Crippen LogP contribution in [0.2, 0.25) is 0 Å². The molecule has 5 nitrogen and oxygen atoms in total. The van der Waals surface area contributed by atoms with Gasteiger partial charge in [0.25, 0.3) is 0 Å². The molecule has 0 aromatic heterocycles. The molecule has 0 aromatic rings. The molecule has 3 fully saturated rings. The lowest BCUT2D eigenvalue weighted by Gasteiger charge is -2.66. The number of hydrogen-bond acceptors (Lipinski definition) is 4. The van der Waals surface area contributed by atoms with Crippen molar-refractivity contribution >= 4 is 11.8 Å². The van der Waals surface area contributed by atoms with E-state index in [0.717, 1.165) is 12.0 Å². The van der Waals surface area contributed by atoms with Gasteiger partial charge in [0.2, 0.25) is 0 Å². The van der Waals surface area contributed by atoms with Gasteiger partial charge in [0.05, 0.1) is 6.10 Å². The fraction of sp³-hybridized carbons (Fsp3) is 0.739. The molecule has 5 heteroatoms. The van der Waals surface area contributed by atoms with Gasteiger partial charge in [-0.3, -0.25) is 4.79 Å². The Labute approximate surface area is 166 Å². The number of rotatable bonds is 1. The van der Waals surface area contributed by atoms with E-state index in [1.165, 1.54) is 0 Å². The van der Waals surface area contributed by atoms with E-state index in [4.69, 9.17) is 0 Å². The highest BCUT2D eigenvalue weighted by Gasteiger charge is 2.74. The summed E-state index contributed by atoms with van der Waals surface area (Å²) in [6.45, 7) is 10.0. The molecule has 0 aliphatic heterocycles. The normalized spacial score (nSPS) is 55.2. The van der Waals surface area contributed by atoms with Crippen molar-refractivity contribution in [2.45, 2.75) is 65.6 Å². The van der Waals surface area contributed by atoms with Crippen LogP contribution in [0.4, 0.5) is 0 Å². The van der Waals surface area contributed by atoms with Crippen LogP contribution in [0.3, 0.4) is 0 Å². The number of carboxylic acid groups (broad SMARTS) is 1. The number of fused-ring (bicyclic) bond motifs is 5. The molecule has 4 aliphatic rings. The molecule has 0 unspecified atom stereocenters. The number of hydrogen-bond donors (Lipinski definition) is 3. The van der Waals surface area contributed by atoms with Gasteiger partial charge in [-0.05, 0) is 55.1 Å². The number of aliphatic hydroxyl groups is 2. The summed E-state index contributed by atoms with van der Waals surface area (Å²) in [5.74, 6) is -1.33. The maximum atomic E-state index is 12.1. The molecule has 4 rings (SSSR count). The molecule has 154 valence electrons.